The molecular formula is C11H8N4O. The number of rotatable bonds is 0. The predicted molar refractivity (Wildman–Crippen MR) is 59.3 cm³/mol. The minimum atomic E-state index is -0.178. The lowest BCUT2D eigenvalue weighted by Gasteiger charge is -2.02. The van der Waals surface area contributed by atoms with Crippen molar-refractivity contribution in [2.75, 3.05) is 0 Å². The molecule has 0 saturated heterocycles. The molecular weight excluding hydrogens is 204 g/mol. The lowest BCUT2D eigenvalue weighted by atomic mass is 10.2. The number of fused-ring (bicyclic) bond motifs is 3. The van der Waals surface area contributed by atoms with Gasteiger partial charge in [-0.25, -0.2) is 9.38 Å². The van der Waals surface area contributed by atoms with E-state index in [-0.39, 0.29) is 5.56 Å². The molecule has 0 N–H and O–H groups in total. The van der Waals surface area contributed by atoms with Crippen molar-refractivity contribution in [2.45, 2.75) is 6.92 Å². The van der Waals surface area contributed by atoms with E-state index in [2.05, 4.69) is 15.2 Å². The van der Waals surface area contributed by atoms with E-state index in [4.69, 9.17) is 0 Å². The van der Waals surface area contributed by atoms with Gasteiger partial charge in [-0.3, -0.25) is 4.79 Å². The topological polar surface area (TPSA) is 60.1 Å². The molecule has 0 unspecified atom stereocenters. The lowest BCUT2D eigenvalue weighted by Crippen LogP contribution is -2.19. The summed E-state index contributed by atoms with van der Waals surface area (Å²) in [5.41, 5.74) is 1.54. The van der Waals surface area contributed by atoms with Gasteiger partial charge in [-0.2, -0.15) is 0 Å². The number of hydrogen-bond donors (Lipinski definition) is 0. The third kappa shape index (κ3) is 1.11. The predicted octanol–water partition coefficient (Wildman–Crippen LogP) is 0.946. The van der Waals surface area contributed by atoms with E-state index in [0.29, 0.717) is 11.3 Å². The Morgan fingerprint density at radius 1 is 1.19 bits per heavy atom. The Morgan fingerprint density at radius 2 is 2.00 bits per heavy atom. The number of benzene rings is 1. The second-order valence-electron chi connectivity index (χ2n) is 3.55. The Hall–Kier alpha value is -2.30. The van der Waals surface area contributed by atoms with E-state index < -0.39 is 0 Å². The van der Waals surface area contributed by atoms with E-state index in [1.54, 1.807) is 6.92 Å². The highest BCUT2D eigenvalue weighted by atomic mass is 16.1. The van der Waals surface area contributed by atoms with E-state index in [0.717, 1.165) is 10.9 Å². The van der Waals surface area contributed by atoms with Crippen LogP contribution in [0.3, 0.4) is 0 Å². The van der Waals surface area contributed by atoms with Crippen LogP contribution in [0, 0.1) is 6.92 Å². The number of aryl methyl sites for hydroxylation is 1. The van der Waals surface area contributed by atoms with Gasteiger partial charge in [0.2, 0.25) is 0 Å². The molecule has 3 aromatic rings. The van der Waals surface area contributed by atoms with Gasteiger partial charge in [-0.1, -0.05) is 12.1 Å². The van der Waals surface area contributed by atoms with Crippen molar-refractivity contribution in [2.24, 2.45) is 0 Å². The van der Waals surface area contributed by atoms with Gasteiger partial charge < -0.3 is 0 Å². The van der Waals surface area contributed by atoms with E-state index in [9.17, 15) is 4.79 Å². The Bertz CT molecular complexity index is 748. The summed E-state index contributed by atoms with van der Waals surface area (Å²) in [7, 11) is 0. The van der Waals surface area contributed by atoms with Gasteiger partial charge in [0, 0.05) is 5.39 Å². The van der Waals surface area contributed by atoms with Crippen LogP contribution in [0.4, 0.5) is 0 Å². The van der Waals surface area contributed by atoms with Gasteiger partial charge in [0.1, 0.15) is 12.0 Å². The monoisotopic (exact) mass is 212 g/mol. The number of nitrogens with zero attached hydrogens (tertiary/aromatic N) is 4. The van der Waals surface area contributed by atoms with Crippen LogP contribution in [0.15, 0.2) is 35.4 Å². The maximum atomic E-state index is 11.8. The molecule has 3 rings (SSSR count). The summed E-state index contributed by atoms with van der Waals surface area (Å²) in [5.74, 6) is 0. The molecule has 0 bridgehead atoms. The molecule has 78 valence electrons. The Morgan fingerprint density at radius 3 is 2.88 bits per heavy atom. The Balaban J connectivity index is 2.63. The fraction of sp³-hybridized carbons (Fsp3) is 0.0909. The summed E-state index contributed by atoms with van der Waals surface area (Å²) in [4.78, 5) is 16.0. The van der Waals surface area contributed by atoms with Crippen LogP contribution in [0.1, 0.15) is 5.69 Å². The summed E-state index contributed by atoms with van der Waals surface area (Å²) in [6.45, 7) is 1.64. The third-order valence-electron chi connectivity index (χ3n) is 2.51. The van der Waals surface area contributed by atoms with Crippen molar-refractivity contribution in [3.05, 3.63) is 46.6 Å². The molecule has 5 nitrogen and oxygen atoms in total. The minimum absolute atomic E-state index is 0.178. The molecule has 0 amide bonds. The number of aromatic nitrogens is 4. The van der Waals surface area contributed by atoms with Gasteiger partial charge in [-0.15, -0.1) is 10.2 Å². The van der Waals surface area contributed by atoms with Crippen LogP contribution in [0.5, 0.6) is 0 Å². The molecule has 2 heterocycles. The highest BCUT2D eigenvalue weighted by Crippen LogP contribution is 2.13. The Labute approximate surface area is 90.4 Å². The van der Waals surface area contributed by atoms with Gasteiger partial charge in [0.05, 0.1) is 5.52 Å². The first kappa shape index (κ1) is 8.96. The average molecular weight is 212 g/mol. The van der Waals surface area contributed by atoms with Crippen molar-refractivity contribution in [1.29, 1.82) is 0 Å². The summed E-state index contributed by atoms with van der Waals surface area (Å²) in [6, 6.07) is 7.53. The summed E-state index contributed by atoms with van der Waals surface area (Å²) >= 11 is 0. The van der Waals surface area contributed by atoms with E-state index in [1.807, 2.05) is 24.3 Å². The van der Waals surface area contributed by atoms with Crippen molar-refractivity contribution in [1.82, 2.24) is 19.6 Å². The van der Waals surface area contributed by atoms with Gasteiger partial charge in [0.25, 0.3) is 5.56 Å². The highest BCUT2D eigenvalue weighted by molar-refractivity contribution is 5.90. The lowest BCUT2D eigenvalue weighted by molar-refractivity contribution is 0.884. The fourth-order valence-corrected chi connectivity index (χ4v) is 1.67. The fourth-order valence-electron chi connectivity index (χ4n) is 1.67. The van der Waals surface area contributed by atoms with Gasteiger partial charge in [0.15, 0.2) is 5.65 Å². The smallest absolute Gasteiger partial charge is 0.267 e. The zero-order valence-electron chi connectivity index (χ0n) is 8.58. The quantitative estimate of drug-likeness (QED) is 0.520. The van der Waals surface area contributed by atoms with Crippen molar-refractivity contribution in [3.8, 4) is 0 Å². The molecule has 0 radical (unpaired) electrons. The third-order valence-corrected chi connectivity index (χ3v) is 2.51. The zero-order valence-corrected chi connectivity index (χ0v) is 8.58. The largest absolute Gasteiger partial charge is 0.280 e. The second-order valence-corrected chi connectivity index (χ2v) is 3.55. The van der Waals surface area contributed by atoms with E-state index in [1.165, 1.54) is 10.7 Å². The first-order chi connectivity index (χ1) is 7.77. The normalized spacial score (nSPS) is 11.1. The zero-order chi connectivity index (χ0) is 11.1. The maximum absolute atomic E-state index is 11.8. The first-order valence-electron chi connectivity index (χ1n) is 4.87. The SMILES string of the molecule is Cc1nnc2c3ccccc3ncn2c1=O. The van der Waals surface area contributed by atoms with Crippen molar-refractivity contribution < 1.29 is 0 Å². The first-order valence-corrected chi connectivity index (χ1v) is 4.87. The standard InChI is InChI=1S/C11H8N4O/c1-7-11(16)15-6-12-9-5-3-2-4-8(9)10(15)14-13-7/h2-6H,1H3. The molecule has 0 atom stereocenters. The molecule has 16 heavy (non-hydrogen) atoms. The van der Waals surface area contributed by atoms with Crippen LogP contribution in [-0.2, 0) is 0 Å². The Kier molecular flexibility index (Phi) is 1.73. The molecule has 0 aliphatic heterocycles. The number of hydrogen-bond acceptors (Lipinski definition) is 4. The molecule has 0 spiro atoms. The van der Waals surface area contributed by atoms with Gasteiger partial charge in [-0.05, 0) is 19.1 Å². The molecule has 5 heteroatoms. The minimum Gasteiger partial charge on any atom is -0.267 e. The summed E-state index contributed by atoms with van der Waals surface area (Å²) < 4.78 is 1.42. The summed E-state index contributed by atoms with van der Waals surface area (Å²) in [5, 5.41) is 8.72. The highest BCUT2D eigenvalue weighted by Gasteiger charge is 2.06. The van der Waals surface area contributed by atoms with E-state index >= 15 is 0 Å². The number of para-hydroxylation sites is 1. The molecule has 0 fully saturated rings. The molecule has 0 aliphatic carbocycles. The molecule has 0 aliphatic rings. The molecule has 0 saturated carbocycles. The van der Waals surface area contributed by atoms with Crippen LogP contribution in [0.2, 0.25) is 0 Å². The van der Waals surface area contributed by atoms with Crippen LogP contribution in [0.25, 0.3) is 16.6 Å². The van der Waals surface area contributed by atoms with Crippen LogP contribution < -0.4 is 5.56 Å². The average Bonchev–Trinajstić information content (AvgIpc) is 2.33. The molecule has 2 aromatic heterocycles. The van der Waals surface area contributed by atoms with Crippen LogP contribution in [-0.4, -0.2) is 19.6 Å². The second kappa shape index (κ2) is 3.10. The molecule has 1 aromatic carbocycles. The van der Waals surface area contributed by atoms with Crippen LogP contribution >= 0.6 is 0 Å². The maximum Gasteiger partial charge on any atom is 0.280 e. The van der Waals surface area contributed by atoms with Crippen molar-refractivity contribution in [3.63, 3.8) is 0 Å². The van der Waals surface area contributed by atoms with Gasteiger partial charge >= 0.3 is 0 Å². The van der Waals surface area contributed by atoms with Crippen molar-refractivity contribution >= 4 is 16.6 Å². The summed E-state index contributed by atoms with van der Waals surface area (Å²) in [6.07, 6.45) is 1.49.